The lowest BCUT2D eigenvalue weighted by Gasteiger charge is -2.48. The van der Waals surface area contributed by atoms with Gasteiger partial charge in [-0.2, -0.15) is 0 Å². The first kappa shape index (κ1) is 92.4. The van der Waals surface area contributed by atoms with Crippen LogP contribution in [0.25, 0.3) is 0 Å². The first-order valence-electron chi connectivity index (χ1n) is 43.3. The number of nitrogens with zero attached hydrogens (tertiary/aromatic N) is 9. The molecule has 9 saturated heterocycles. The van der Waals surface area contributed by atoms with E-state index < -0.39 is 5.60 Å². The summed E-state index contributed by atoms with van der Waals surface area (Å²) in [6.45, 7) is 84.2. The molecule has 10 aliphatic rings. The number of hydrogen-bond acceptors (Lipinski definition) is 11. The van der Waals surface area contributed by atoms with Gasteiger partial charge in [0.25, 0.3) is 0 Å². The van der Waals surface area contributed by atoms with Crippen molar-refractivity contribution < 1.29 is 14.3 Å². The summed E-state index contributed by atoms with van der Waals surface area (Å²) in [5, 5.41) is 0. The summed E-state index contributed by atoms with van der Waals surface area (Å²) < 4.78 is 10.7. The highest BCUT2D eigenvalue weighted by molar-refractivity contribution is 5.68. The molecule has 1 saturated carbocycles. The molecule has 0 aromatic heterocycles. The first-order valence-corrected chi connectivity index (χ1v) is 43.3. The molecule has 107 heavy (non-hydrogen) atoms. The van der Waals surface area contributed by atoms with Gasteiger partial charge in [-0.05, 0) is 362 Å². The third kappa shape index (κ3) is 31.5. The Hall–Kier alpha value is -3.43. The molecule has 9 heterocycles. The van der Waals surface area contributed by atoms with Crippen molar-refractivity contribution in [3.63, 3.8) is 0 Å². The fourth-order valence-electron chi connectivity index (χ4n) is 17.2. The van der Waals surface area contributed by atoms with Crippen LogP contribution in [0.1, 0.15) is 318 Å². The Bertz CT molecular complexity index is 2920. The predicted molar refractivity (Wildman–Crippen MR) is 461 cm³/mol. The quantitative estimate of drug-likeness (QED) is 0.252. The number of amides is 1. The van der Waals surface area contributed by atoms with Gasteiger partial charge in [-0.15, -0.1) is 0 Å². The minimum Gasteiger partial charge on any atom is -0.444 e. The number of piperidine rings is 2. The molecular weight excluding hydrogens is 1320 g/mol. The molecule has 1 atom stereocenters. The molecule has 13 rings (SSSR count). The van der Waals surface area contributed by atoms with Crippen LogP contribution in [0.15, 0.2) is 91.0 Å². The molecule has 9 aliphatic heterocycles. The van der Waals surface area contributed by atoms with Crippen molar-refractivity contribution >= 4 is 6.09 Å². The Labute approximate surface area is 661 Å². The highest BCUT2D eigenvalue weighted by Crippen LogP contribution is 2.46. The molecule has 12 heteroatoms. The van der Waals surface area contributed by atoms with Gasteiger partial charge in [0.05, 0.1) is 13.2 Å². The van der Waals surface area contributed by atoms with Crippen LogP contribution in [0, 0.1) is 10.8 Å². The third-order valence-corrected chi connectivity index (χ3v) is 25.2. The molecule has 3 aromatic rings. The molecular formula is C95H169N9O3. The van der Waals surface area contributed by atoms with E-state index >= 15 is 0 Å². The maximum absolute atomic E-state index is 12.1. The molecule has 1 amide bonds. The zero-order valence-electron chi connectivity index (χ0n) is 74.9. The molecule has 0 radical (unpaired) electrons. The van der Waals surface area contributed by atoms with E-state index in [2.05, 4.69) is 296 Å². The lowest BCUT2D eigenvalue weighted by atomic mass is 9.73. The number of hydrogen-bond donors (Lipinski definition) is 0. The Morgan fingerprint density at radius 2 is 0.617 bits per heavy atom. The molecule has 2 spiro atoms. The zero-order chi connectivity index (χ0) is 79.5. The van der Waals surface area contributed by atoms with Crippen molar-refractivity contribution in [2.24, 2.45) is 10.8 Å². The molecule has 1 unspecified atom stereocenters. The molecule has 612 valence electrons. The van der Waals surface area contributed by atoms with E-state index in [1.165, 1.54) is 192 Å². The number of ether oxygens (including phenoxy) is 2. The maximum atomic E-state index is 12.1. The van der Waals surface area contributed by atoms with Gasteiger partial charge in [0.1, 0.15) is 5.60 Å². The number of morpholine rings is 1. The third-order valence-electron chi connectivity index (χ3n) is 25.2. The topological polar surface area (TPSA) is 64.7 Å². The monoisotopic (exact) mass is 1480 g/mol. The summed E-state index contributed by atoms with van der Waals surface area (Å²) >= 11 is 0. The van der Waals surface area contributed by atoms with E-state index in [1.54, 1.807) is 0 Å². The molecule has 1 aliphatic carbocycles. The second kappa shape index (κ2) is 40.0. The van der Waals surface area contributed by atoms with Crippen molar-refractivity contribution in [3.8, 4) is 0 Å². The number of carbonyl (C=O) groups excluding carboxylic acids is 1. The highest BCUT2D eigenvalue weighted by atomic mass is 16.6. The predicted octanol–water partition coefficient (Wildman–Crippen LogP) is 21.3. The molecule has 0 bridgehead atoms. The zero-order valence-corrected chi connectivity index (χ0v) is 74.9. The van der Waals surface area contributed by atoms with Crippen molar-refractivity contribution in [2.45, 2.75) is 351 Å². The van der Waals surface area contributed by atoms with Crippen LogP contribution in [-0.4, -0.2) is 231 Å². The average Bonchev–Trinajstić information content (AvgIpc) is 1.50. The Morgan fingerprint density at radius 3 is 0.944 bits per heavy atom. The summed E-state index contributed by atoms with van der Waals surface area (Å²) in [4.78, 5) is 34.5. The largest absolute Gasteiger partial charge is 0.444 e. The van der Waals surface area contributed by atoms with E-state index in [-0.39, 0.29) is 11.6 Å². The lowest BCUT2D eigenvalue weighted by molar-refractivity contribution is -0.00389. The van der Waals surface area contributed by atoms with Gasteiger partial charge in [0, 0.05) is 109 Å². The minimum absolute atomic E-state index is 0.150. The molecule has 10 fully saturated rings. The van der Waals surface area contributed by atoms with Crippen LogP contribution < -0.4 is 0 Å². The van der Waals surface area contributed by atoms with Gasteiger partial charge >= 0.3 is 6.09 Å². The molecule has 3 aromatic carbocycles. The fraction of sp³-hybridized carbons (Fsp3) is 0.800. The van der Waals surface area contributed by atoms with Crippen LogP contribution in [-0.2, 0) is 9.47 Å². The number of likely N-dealkylation sites (tertiary alicyclic amines) is 8. The SMILES string of the molecule is CC(C)(C)N1CC(c2ccccc2)C1.CC(C)(C)N1CCC(c2ccccc2)C1.CC(C)(C)N1CCC(c2ccccc2)CC1.CC(C)(C)N1CCC1.CC(C)(C)N1CCC2(CCCCC2)C1.CC(C)(C)N1CCCC1.CC(C)(C)N1CCOCC1.CC(C)(C)OC(=O)N1CCC2(CC1)CCN(C(C)(C)C)C2. The van der Waals surface area contributed by atoms with Crippen molar-refractivity contribution in [1.82, 2.24) is 44.1 Å². The van der Waals surface area contributed by atoms with Crippen LogP contribution in [0.5, 0.6) is 0 Å². The normalized spacial score (nSPS) is 22.9. The van der Waals surface area contributed by atoms with E-state index in [1.807, 2.05) is 25.7 Å². The van der Waals surface area contributed by atoms with E-state index in [4.69, 9.17) is 9.47 Å². The fourth-order valence-corrected chi connectivity index (χ4v) is 17.2. The number of carbonyl (C=O) groups is 1. The van der Waals surface area contributed by atoms with Gasteiger partial charge in [-0.1, -0.05) is 110 Å². The highest BCUT2D eigenvalue weighted by Gasteiger charge is 2.45. The van der Waals surface area contributed by atoms with Gasteiger partial charge < -0.3 is 14.4 Å². The second-order valence-corrected chi connectivity index (χ2v) is 42.9. The Kier molecular flexibility index (Phi) is 34.6. The lowest BCUT2D eigenvalue weighted by Crippen LogP contribution is -2.54. The summed E-state index contributed by atoms with van der Waals surface area (Å²) in [6, 6.07) is 32.7. The maximum Gasteiger partial charge on any atom is 0.410 e. The standard InChI is InChI=1S/C17H32N2O2.C15H23N.C14H21N.C13H19N.C13H25N.C8H17NO.C8H17N.C7H15N/c1-15(2,3)19-12-9-17(13-19)7-10-18(11-8-17)14(20)21-16(4,5)6;1-15(2,3)16-11-9-14(10-12-16)13-7-5-4-6-8-13;1-14(2,3)15-10-9-13(11-15)12-7-5-4-6-8-12;1-13(2,3)14-9-12(10-14)11-7-5-4-6-8-11;1-12(2,3)14-10-9-13(11-14)7-5-4-6-8-13;1-8(2,3)9-4-6-10-7-5-9;1-8(2,3)9-6-4-5-7-9;1-7(2,3)8-5-4-6-8/h7-13H2,1-6H3;4-8,14H,9-12H2,1-3H3;4-8,13H,9-11H2,1-3H3;4-8,12H,9-10H2,1-3H3;4-11H2,1-3H3;4-7H2,1-3H3;4-7H2,1-3H3;4-6H2,1-3H3. The summed E-state index contributed by atoms with van der Waals surface area (Å²) in [7, 11) is 0. The number of rotatable bonds is 3. The van der Waals surface area contributed by atoms with Crippen LogP contribution in [0.4, 0.5) is 4.79 Å². The van der Waals surface area contributed by atoms with Gasteiger partial charge in [-0.3, -0.25) is 39.2 Å². The average molecular weight is 1490 g/mol. The second-order valence-electron chi connectivity index (χ2n) is 42.9. The van der Waals surface area contributed by atoms with Gasteiger partial charge in [-0.25, -0.2) is 4.79 Å². The van der Waals surface area contributed by atoms with E-state index in [0.29, 0.717) is 44.2 Å². The van der Waals surface area contributed by atoms with E-state index in [9.17, 15) is 4.79 Å². The number of benzene rings is 3. The summed E-state index contributed by atoms with van der Waals surface area (Å²) in [5.41, 5.74) is 8.08. The minimum atomic E-state index is -0.400. The summed E-state index contributed by atoms with van der Waals surface area (Å²) in [6.07, 6.45) is 20.4. The Balaban J connectivity index is 0.000000194. The van der Waals surface area contributed by atoms with Crippen LogP contribution in [0.3, 0.4) is 0 Å². The van der Waals surface area contributed by atoms with E-state index in [0.717, 1.165) is 75.4 Å². The molecule has 0 N–H and O–H groups in total. The first-order chi connectivity index (χ1) is 49.6. The van der Waals surface area contributed by atoms with Crippen molar-refractivity contribution in [3.05, 3.63) is 108 Å². The van der Waals surface area contributed by atoms with Gasteiger partial charge in [0.2, 0.25) is 0 Å². The van der Waals surface area contributed by atoms with Crippen molar-refractivity contribution in [2.75, 3.05) is 131 Å². The van der Waals surface area contributed by atoms with Crippen LogP contribution >= 0.6 is 0 Å². The van der Waals surface area contributed by atoms with Gasteiger partial charge in [0.15, 0.2) is 0 Å². The summed E-state index contributed by atoms with van der Waals surface area (Å²) in [5.74, 6) is 2.28. The van der Waals surface area contributed by atoms with Crippen LogP contribution in [0.2, 0.25) is 0 Å². The smallest absolute Gasteiger partial charge is 0.410 e. The Morgan fingerprint density at radius 1 is 0.308 bits per heavy atom. The molecule has 12 nitrogen and oxygen atoms in total. The van der Waals surface area contributed by atoms with Crippen molar-refractivity contribution in [1.29, 1.82) is 0 Å².